The van der Waals surface area contributed by atoms with Gasteiger partial charge in [-0.25, -0.2) is 19.3 Å². The van der Waals surface area contributed by atoms with Gasteiger partial charge in [0.15, 0.2) is 5.65 Å². The van der Waals surface area contributed by atoms with E-state index in [2.05, 4.69) is 27.4 Å². The average Bonchev–Trinajstić information content (AvgIpc) is 2.71. The zero-order valence-corrected chi connectivity index (χ0v) is 11.2. The molecule has 0 aliphatic heterocycles. The van der Waals surface area contributed by atoms with Gasteiger partial charge in [0.1, 0.15) is 11.6 Å². The van der Waals surface area contributed by atoms with Gasteiger partial charge >= 0.3 is 5.69 Å². The van der Waals surface area contributed by atoms with Crippen LogP contribution in [0.5, 0.6) is 0 Å². The summed E-state index contributed by atoms with van der Waals surface area (Å²) in [4.78, 5) is 15.7. The van der Waals surface area contributed by atoms with E-state index in [0.717, 1.165) is 19.4 Å². The van der Waals surface area contributed by atoms with Crippen molar-refractivity contribution in [1.29, 1.82) is 0 Å². The molecule has 0 saturated heterocycles. The van der Waals surface area contributed by atoms with E-state index in [0.29, 0.717) is 17.3 Å². The molecule has 2 heterocycles. The zero-order chi connectivity index (χ0) is 13.1. The lowest BCUT2D eigenvalue weighted by atomic mass is 10.2. The molecule has 0 fully saturated rings. The largest absolute Gasteiger partial charge is 0.370 e. The summed E-state index contributed by atoms with van der Waals surface area (Å²) in [5.74, 6) is 1.31. The van der Waals surface area contributed by atoms with Crippen molar-refractivity contribution in [2.45, 2.75) is 32.1 Å². The van der Waals surface area contributed by atoms with Crippen molar-refractivity contribution in [2.24, 2.45) is 0 Å². The van der Waals surface area contributed by atoms with Crippen molar-refractivity contribution in [3.05, 3.63) is 22.4 Å². The number of alkyl halides is 1. The molecule has 0 amide bonds. The number of nitrogens with zero attached hydrogens (tertiary/aromatic N) is 3. The molecular formula is C11H16ClN5O. The summed E-state index contributed by atoms with van der Waals surface area (Å²) in [6, 6.07) is 1.74. The maximum atomic E-state index is 11.4. The Labute approximate surface area is 109 Å². The van der Waals surface area contributed by atoms with Gasteiger partial charge in [0, 0.05) is 18.0 Å². The highest BCUT2D eigenvalue weighted by molar-refractivity contribution is 6.20. The number of aromatic amines is 1. The van der Waals surface area contributed by atoms with Crippen LogP contribution in [0.2, 0.25) is 0 Å². The standard InChI is InChI=1S/C11H16ClN5O/c1-3-8(12)4-5-13-9-6-10-15-16-11(18)17(10)7(2)14-9/h6,8,13H,3-5H2,1-2H3,(H,16,18). The summed E-state index contributed by atoms with van der Waals surface area (Å²) in [5.41, 5.74) is 0.293. The van der Waals surface area contributed by atoms with Crippen LogP contribution in [0, 0.1) is 6.92 Å². The Morgan fingerprint density at radius 1 is 1.61 bits per heavy atom. The molecule has 6 nitrogen and oxygen atoms in total. The fourth-order valence-electron chi connectivity index (χ4n) is 1.75. The molecule has 0 bridgehead atoms. The Balaban J connectivity index is 2.13. The quantitative estimate of drug-likeness (QED) is 0.808. The summed E-state index contributed by atoms with van der Waals surface area (Å²) >= 11 is 6.04. The topological polar surface area (TPSA) is 75.1 Å². The molecule has 1 unspecified atom stereocenters. The first-order valence-corrected chi connectivity index (χ1v) is 6.38. The Kier molecular flexibility index (Phi) is 3.86. The van der Waals surface area contributed by atoms with Crippen molar-refractivity contribution in [3.8, 4) is 0 Å². The van der Waals surface area contributed by atoms with Crippen LogP contribution in [0.4, 0.5) is 5.82 Å². The Hall–Kier alpha value is -1.56. The van der Waals surface area contributed by atoms with E-state index in [1.165, 1.54) is 4.40 Å². The third-order valence-electron chi connectivity index (χ3n) is 2.78. The van der Waals surface area contributed by atoms with E-state index in [9.17, 15) is 4.79 Å². The SMILES string of the molecule is CCC(Cl)CCNc1cc2n[nH]c(=O)n2c(C)n1. The van der Waals surface area contributed by atoms with Gasteiger partial charge in [-0.05, 0) is 19.8 Å². The third-order valence-corrected chi connectivity index (χ3v) is 3.30. The number of H-pyrrole nitrogens is 1. The van der Waals surface area contributed by atoms with E-state index in [1.807, 2.05) is 0 Å². The van der Waals surface area contributed by atoms with Gasteiger partial charge in [-0.3, -0.25) is 0 Å². The van der Waals surface area contributed by atoms with Crippen LogP contribution in [0.25, 0.3) is 5.65 Å². The molecule has 7 heteroatoms. The van der Waals surface area contributed by atoms with Crippen LogP contribution in [0.15, 0.2) is 10.9 Å². The van der Waals surface area contributed by atoms with E-state index in [-0.39, 0.29) is 11.1 Å². The van der Waals surface area contributed by atoms with Gasteiger partial charge in [0.25, 0.3) is 0 Å². The lowest BCUT2D eigenvalue weighted by Crippen LogP contribution is -2.15. The average molecular weight is 270 g/mol. The van der Waals surface area contributed by atoms with Gasteiger partial charge in [-0.2, -0.15) is 5.10 Å². The van der Waals surface area contributed by atoms with E-state index in [4.69, 9.17) is 11.6 Å². The van der Waals surface area contributed by atoms with Crippen molar-refractivity contribution in [2.75, 3.05) is 11.9 Å². The minimum absolute atomic E-state index is 0.176. The molecule has 2 aromatic rings. The number of aromatic nitrogens is 4. The molecule has 2 N–H and O–H groups in total. The van der Waals surface area contributed by atoms with Gasteiger partial charge < -0.3 is 5.32 Å². The number of halogens is 1. The second-order valence-electron chi connectivity index (χ2n) is 4.13. The molecule has 0 aliphatic rings. The predicted octanol–water partition coefficient (Wildman–Crippen LogP) is 1.55. The maximum absolute atomic E-state index is 11.4. The maximum Gasteiger partial charge on any atom is 0.349 e. The third kappa shape index (κ3) is 2.64. The van der Waals surface area contributed by atoms with Crippen LogP contribution in [0.3, 0.4) is 0 Å². The minimum Gasteiger partial charge on any atom is -0.370 e. The van der Waals surface area contributed by atoms with Crippen molar-refractivity contribution >= 4 is 23.1 Å². The molecule has 0 saturated carbocycles. The molecule has 98 valence electrons. The summed E-state index contributed by atoms with van der Waals surface area (Å²) in [5, 5.41) is 9.68. The Bertz CT molecular complexity index is 591. The molecule has 2 rings (SSSR count). The fourth-order valence-corrected chi connectivity index (χ4v) is 1.86. The number of fused-ring (bicyclic) bond motifs is 1. The van der Waals surface area contributed by atoms with Crippen LogP contribution in [-0.2, 0) is 0 Å². The number of anilines is 1. The highest BCUT2D eigenvalue weighted by Crippen LogP contribution is 2.10. The monoisotopic (exact) mass is 269 g/mol. The van der Waals surface area contributed by atoms with Crippen LogP contribution < -0.4 is 11.0 Å². The lowest BCUT2D eigenvalue weighted by molar-refractivity contribution is 0.751. The lowest BCUT2D eigenvalue weighted by Gasteiger charge is -2.09. The first-order chi connectivity index (χ1) is 8.61. The second-order valence-corrected chi connectivity index (χ2v) is 4.75. The van der Waals surface area contributed by atoms with Crippen LogP contribution >= 0.6 is 11.6 Å². The number of hydrogen-bond acceptors (Lipinski definition) is 4. The molecule has 0 aromatic carbocycles. The highest BCUT2D eigenvalue weighted by Gasteiger charge is 2.07. The summed E-state index contributed by atoms with van der Waals surface area (Å²) < 4.78 is 1.43. The summed E-state index contributed by atoms with van der Waals surface area (Å²) in [6.45, 7) is 4.58. The zero-order valence-electron chi connectivity index (χ0n) is 10.4. The molecular weight excluding hydrogens is 254 g/mol. The van der Waals surface area contributed by atoms with E-state index in [1.54, 1.807) is 13.0 Å². The minimum atomic E-state index is -0.270. The normalized spacial score (nSPS) is 12.8. The van der Waals surface area contributed by atoms with Crippen LogP contribution in [0.1, 0.15) is 25.6 Å². The fraction of sp³-hybridized carbons (Fsp3) is 0.545. The van der Waals surface area contributed by atoms with Gasteiger partial charge in [0.2, 0.25) is 0 Å². The first kappa shape index (κ1) is 12.9. The van der Waals surface area contributed by atoms with E-state index >= 15 is 0 Å². The molecule has 0 aliphatic carbocycles. The van der Waals surface area contributed by atoms with E-state index < -0.39 is 0 Å². The molecule has 0 radical (unpaired) electrons. The van der Waals surface area contributed by atoms with Gasteiger partial charge in [-0.15, -0.1) is 11.6 Å². The number of aryl methyl sites for hydroxylation is 1. The number of nitrogens with one attached hydrogen (secondary N) is 2. The van der Waals surface area contributed by atoms with Crippen LogP contribution in [-0.4, -0.2) is 31.5 Å². The summed E-state index contributed by atoms with van der Waals surface area (Å²) in [6.07, 6.45) is 1.82. The second kappa shape index (κ2) is 5.39. The van der Waals surface area contributed by atoms with Gasteiger partial charge in [0.05, 0.1) is 0 Å². The Morgan fingerprint density at radius 3 is 3.11 bits per heavy atom. The molecule has 1 atom stereocenters. The first-order valence-electron chi connectivity index (χ1n) is 5.94. The molecule has 0 spiro atoms. The highest BCUT2D eigenvalue weighted by atomic mass is 35.5. The van der Waals surface area contributed by atoms with Crippen molar-refractivity contribution in [1.82, 2.24) is 19.6 Å². The van der Waals surface area contributed by atoms with Gasteiger partial charge in [-0.1, -0.05) is 6.92 Å². The predicted molar refractivity (Wildman–Crippen MR) is 71.4 cm³/mol. The molecule has 2 aromatic heterocycles. The number of hydrogen-bond donors (Lipinski definition) is 2. The number of rotatable bonds is 5. The van der Waals surface area contributed by atoms with Crippen molar-refractivity contribution < 1.29 is 0 Å². The van der Waals surface area contributed by atoms with Crippen molar-refractivity contribution in [3.63, 3.8) is 0 Å². The summed E-state index contributed by atoms with van der Waals surface area (Å²) in [7, 11) is 0. The molecule has 18 heavy (non-hydrogen) atoms. The smallest absolute Gasteiger partial charge is 0.349 e. The Morgan fingerprint density at radius 2 is 2.39 bits per heavy atom.